The molecule has 1 saturated heterocycles. The van der Waals surface area contributed by atoms with Crippen LogP contribution in [0.25, 0.3) is 0 Å². The number of unbranched alkanes of at least 4 members (excludes halogenated alkanes) is 1. The number of benzene rings is 1. The zero-order valence-electron chi connectivity index (χ0n) is 19.2. The van der Waals surface area contributed by atoms with Crippen molar-refractivity contribution in [1.82, 2.24) is 15.5 Å². The van der Waals surface area contributed by atoms with Crippen LogP contribution in [0.1, 0.15) is 44.2 Å². The molecule has 0 radical (unpaired) electrons. The minimum Gasteiger partial charge on any atom is -0.493 e. The number of hydrogen-bond acceptors (Lipinski definition) is 4. The Labute approximate surface area is 200 Å². The van der Waals surface area contributed by atoms with E-state index < -0.39 is 0 Å². The zero-order chi connectivity index (χ0) is 20.9. The van der Waals surface area contributed by atoms with Crippen molar-refractivity contribution in [2.75, 3.05) is 53.0 Å². The number of guanidine groups is 1. The Morgan fingerprint density at radius 3 is 2.70 bits per heavy atom. The number of halogens is 1. The summed E-state index contributed by atoms with van der Waals surface area (Å²) in [5, 5.41) is 6.84. The number of rotatable bonds is 12. The largest absolute Gasteiger partial charge is 0.493 e. The van der Waals surface area contributed by atoms with Gasteiger partial charge >= 0.3 is 0 Å². The summed E-state index contributed by atoms with van der Waals surface area (Å²) in [5.74, 6) is 2.30. The molecule has 1 aromatic carbocycles. The number of aliphatic imine (C=N–C) groups is 1. The van der Waals surface area contributed by atoms with E-state index in [0.717, 1.165) is 76.1 Å². The maximum Gasteiger partial charge on any atom is 0.191 e. The van der Waals surface area contributed by atoms with Gasteiger partial charge in [-0.15, -0.1) is 24.0 Å². The molecule has 30 heavy (non-hydrogen) atoms. The van der Waals surface area contributed by atoms with Crippen LogP contribution in [0.3, 0.4) is 0 Å². The number of nitrogens with one attached hydrogen (secondary N) is 2. The first kappa shape index (κ1) is 27.0. The lowest BCUT2D eigenvalue weighted by Crippen LogP contribution is -2.37. The Balaban J connectivity index is 0.00000450. The van der Waals surface area contributed by atoms with Crippen molar-refractivity contribution >= 4 is 29.9 Å². The molecule has 172 valence electrons. The first-order chi connectivity index (χ1) is 14.2. The van der Waals surface area contributed by atoms with Crippen LogP contribution in [0.2, 0.25) is 0 Å². The average Bonchev–Trinajstić information content (AvgIpc) is 3.26. The molecule has 0 aromatic heterocycles. The SMILES string of the molecule is CCN(CC)CCCCNC(=NC)NCc1ccc(C)cc1OCC1CCOC1.I. The molecular formula is C23H41IN4O2. The van der Waals surface area contributed by atoms with Gasteiger partial charge in [0.2, 0.25) is 0 Å². The highest BCUT2D eigenvalue weighted by atomic mass is 127. The highest BCUT2D eigenvalue weighted by Crippen LogP contribution is 2.22. The third-order valence-electron chi connectivity index (χ3n) is 5.48. The fourth-order valence-electron chi connectivity index (χ4n) is 3.47. The lowest BCUT2D eigenvalue weighted by atomic mass is 10.1. The minimum atomic E-state index is 0. The molecule has 1 aliphatic heterocycles. The van der Waals surface area contributed by atoms with Gasteiger partial charge in [0.25, 0.3) is 0 Å². The zero-order valence-corrected chi connectivity index (χ0v) is 21.5. The van der Waals surface area contributed by atoms with Crippen molar-refractivity contribution in [3.05, 3.63) is 29.3 Å². The summed E-state index contributed by atoms with van der Waals surface area (Å²) in [4.78, 5) is 6.81. The molecule has 1 unspecified atom stereocenters. The fourth-order valence-corrected chi connectivity index (χ4v) is 3.47. The Morgan fingerprint density at radius 1 is 1.23 bits per heavy atom. The third kappa shape index (κ3) is 9.83. The maximum absolute atomic E-state index is 6.14. The predicted octanol–water partition coefficient (Wildman–Crippen LogP) is 3.82. The van der Waals surface area contributed by atoms with Gasteiger partial charge in [0, 0.05) is 38.2 Å². The van der Waals surface area contributed by atoms with Gasteiger partial charge in [0.05, 0.1) is 13.2 Å². The standard InChI is InChI=1S/C23H40N4O2.HI/c1-5-27(6-2)13-8-7-12-25-23(24-4)26-16-21-10-9-19(3)15-22(21)29-18-20-11-14-28-17-20;/h9-10,15,20H,5-8,11-14,16-18H2,1-4H3,(H2,24,25,26);1H. The summed E-state index contributed by atoms with van der Waals surface area (Å²) in [6.07, 6.45) is 3.43. The van der Waals surface area contributed by atoms with Crippen LogP contribution in [0.5, 0.6) is 5.75 Å². The van der Waals surface area contributed by atoms with Gasteiger partial charge < -0.3 is 25.0 Å². The van der Waals surface area contributed by atoms with E-state index >= 15 is 0 Å². The highest BCUT2D eigenvalue weighted by molar-refractivity contribution is 14.0. The van der Waals surface area contributed by atoms with Crippen LogP contribution in [-0.4, -0.2) is 63.9 Å². The minimum absolute atomic E-state index is 0. The monoisotopic (exact) mass is 532 g/mol. The molecule has 1 aliphatic rings. The van der Waals surface area contributed by atoms with Crippen LogP contribution in [0.4, 0.5) is 0 Å². The topological polar surface area (TPSA) is 58.1 Å². The molecule has 7 heteroatoms. The molecule has 0 saturated carbocycles. The lowest BCUT2D eigenvalue weighted by molar-refractivity contribution is 0.166. The smallest absolute Gasteiger partial charge is 0.191 e. The van der Waals surface area contributed by atoms with E-state index in [2.05, 4.69) is 59.5 Å². The normalized spacial score (nSPS) is 16.4. The molecule has 0 amide bonds. The third-order valence-corrected chi connectivity index (χ3v) is 5.48. The maximum atomic E-state index is 6.14. The summed E-state index contributed by atoms with van der Waals surface area (Å²) >= 11 is 0. The summed E-state index contributed by atoms with van der Waals surface area (Å²) in [5.41, 5.74) is 2.36. The van der Waals surface area contributed by atoms with E-state index in [1.54, 1.807) is 0 Å². The number of hydrogen-bond donors (Lipinski definition) is 2. The molecule has 1 aromatic rings. The van der Waals surface area contributed by atoms with Crippen LogP contribution >= 0.6 is 24.0 Å². The Bertz CT molecular complexity index is 617. The van der Waals surface area contributed by atoms with Gasteiger partial charge in [-0.2, -0.15) is 0 Å². The van der Waals surface area contributed by atoms with E-state index in [1.807, 2.05) is 7.05 Å². The second-order valence-electron chi connectivity index (χ2n) is 7.74. The second kappa shape index (κ2) is 15.7. The van der Waals surface area contributed by atoms with Gasteiger partial charge in [-0.1, -0.05) is 26.0 Å². The Hall–Kier alpha value is -1.06. The summed E-state index contributed by atoms with van der Waals surface area (Å²) in [6, 6.07) is 6.39. The predicted molar refractivity (Wildman–Crippen MR) is 136 cm³/mol. The van der Waals surface area contributed by atoms with Crippen LogP contribution in [0.15, 0.2) is 23.2 Å². The fraction of sp³-hybridized carbons (Fsp3) is 0.696. The molecule has 6 nitrogen and oxygen atoms in total. The molecular weight excluding hydrogens is 491 g/mol. The summed E-state index contributed by atoms with van der Waals surface area (Å²) < 4.78 is 11.6. The van der Waals surface area contributed by atoms with Gasteiger partial charge in [-0.3, -0.25) is 4.99 Å². The van der Waals surface area contributed by atoms with E-state index in [1.165, 1.54) is 12.0 Å². The molecule has 0 aliphatic carbocycles. The highest BCUT2D eigenvalue weighted by Gasteiger charge is 2.17. The summed E-state index contributed by atoms with van der Waals surface area (Å²) in [7, 11) is 1.82. The molecule has 0 spiro atoms. The van der Waals surface area contributed by atoms with Crippen molar-refractivity contribution < 1.29 is 9.47 Å². The second-order valence-corrected chi connectivity index (χ2v) is 7.74. The van der Waals surface area contributed by atoms with Gasteiger partial charge in [0.1, 0.15) is 5.75 Å². The first-order valence-corrected chi connectivity index (χ1v) is 11.1. The van der Waals surface area contributed by atoms with E-state index in [9.17, 15) is 0 Å². The molecule has 0 bridgehead atoms. The number of aryl methyl sites for hydroxylation is 1. The van der Waals surface area contributed by atoms with Crippen molar-refractivity contribution in [3.8, 4) is 5.75 Å². The summed E-state index contributed by atoms with van der Waals surface area (Å²) in [6.45, 7) is 14.0. The van der Waals surface area contributed by atoms with Gasteiger partial charge in [0.15, 0.2) is 5.96 Å². The van der Waals surface area contributed by atoms with Crippen LogP contribution in [0, 0.1) is 12.8 Å². The molecule has 1 atom stereocenters. The van der Waals surface area contributed by atoms with Crippen molar-refractivity contribution in [1.29, 1.82) is 0 Å². The molecule has 2 rings (SSSR count). The molecule has 2 N–H and O–H groups in total. The van der Waals surface area contributed by atoms with E-state index in [-0.39, 0.29) is 24.0 Å². The van der Waals surface area contributed by atoms with E-state index in [0.29, 0.717) is 12.5 Å². The van der Waals surface area contributed by atoms with Crippen LogP contribution < -0.4 is 15.4 Å². The number of nitrogens with zero attached hydrogens (tertiary/aromatic N) is 2. The van der Waals surface area contributed by atoms with Gasteiger partial charge in [-0.25, -0.2) is 0 Å². The van der Waals surface area contributed by atoms with Gasteiger partial charge in [-0.05, 0) is 57.5 Å². The Morgan fingerprint density at radius 2 is 2.03 bits per heavy atom. The Kier molecular flexibility index (Phi) is 14.1. The van der Waals surface area contributed by atoms with Crippen molar-refractivity contribution in [2.24, 2.45) is 10.9 Å². The van der Waals surface area contributed by atoms with E-state index in [4.69, 9.17) is 9.47 Å². The lowest BCUT2D eigenvalue weighted by Gasteiger charge is -2.18. The first-order valence-electron chi connectivity index (χ1n) is 11.1. The quantitative estimate of drug-likeness (QED) is 0.186. The van der Waals surface area contributed by atoms with Crippen LogP contribution in [-0.2, 0) is 11.3 Å². The molecule has 1 fully saturated rings. The van der Waals surface area contributed by atoms with Crippen molar-refractivity contribution in [2.45, 2.75) is 46.6 Å². The average molecular weight is 533 g/mol. The number of ether oxygens (including phenoxy) is 2. The molecule has 1 heterocycles. The van der Waals surface area contributed by atoms with Crippen molar-refractivity contribution in [3.63, 3.8) is 0 Å².